The average Bonchev–Trinajstić information content (AvgIpc) is 2.16. The summed E-state index contributed by atoms with van der Waals surface area (Å²) < 4.78 is 5.10. The van der Waals surface area contributed by atoms with Gasteiger partial charge in [-0.05, 0) is 30.7 Å². The molecule has 3 N–H and O–H groups in total. The number of aryl methyl sites for hydroxylation is 1. The molecule has 0 bridgehead atoms. The molecule has 0 aliphatic heterocycles. The summed E-state index contributed by atoms with van der Waals surface area (Å²) in [5.74, 6) is 0.885. The summed E-state index contributed by atoms with van der Waals surface area (Å²) in [4.78, 5) is 0. The summed E-state index contributed by atoms with van der Waals surface area (Å²) in [7, 11) is 1.67. The molecule has 0 unspecified atom stereocenters. The first-order valence-corrected chi connectivity index (χ1v) is 4.36. The van der Waals surface area contributed by atoms with Crippen LogP contribution in [0.15, 0.2) is 18.2 Å². The zero-order valence-corrected chi connectivity index (χ0v) is 8.13. The van der Waals surface area contributed by atoms with E-state index in [0.29, 0.717) is 6.54 Å². The van der Waals surface area contributed by atoms with E-state index in [0.717, 1.165) is 18.0 Å². The predicted molar refractivity (Wildman–Crippen MR) is 55.3 cm³/mol. The van der Waals surface area contributed by atoms with Gasteiger partial charge in [0.25, 0.3) is 0 Å². The van der Waals surface area contributed by atoms with Crippen molar-refractivity contribution in [2.75, 3.05) is 25.5 Å². The van der Waals surface area contributed by atoms with Gasteiger partial charge < -0.3 is 15.8 Å². The Morgan fingerprint density at radius 2 is 2.23 bits per heavy atom. The molecule has 0 atom stereocenters. The number of anilines is 1. The Balaban J connectivity index is 2.73. The molecule has 3 nitrogen and oxygen atoms in total. The van der Waals surface area contributed by atoms with Crippen LogP contribution in [0.4, 0.5) is 5.69 Å². The van der Waals surface area contributed by atoms with Gasteiger partial charge in [-0.2, -0.15) is 0 Å². The zero-order valence-electron chi connectivity index (χ0n) is 8.13. The quantitative estimate of drug-likeness (QED) is 0.735. The van der Waals surface area contributed by atoms with Gasteiger partial charge in [-0.15, -0.1) is 0 Å². The number of ether oxygens (including phenoxy) is 1. The summed E-state index contributed by atoms with van der Waals surface area (Å²) in [5.41, 5.74) is 7.69. The van der Waals surface area contributed by atoms with Gasteiger partial charge in [0.2, 0.25) is 0 Å². The Kier molecular flexibility index (Phi) is 3.58. The summed E-state index contributed by atoms with van der Waals surface area (Å²) in [5, 5.41) is 3.23. The fourth-order valence-corrected chi connectivity index (χ4v) is 1.17. The van der Waals surface area contributed by atoms with Gasteiger partial charge in [-0.3, -0.25) is 0 Å². The van der Waals surface area contributed by atoms with Crippen molar-refractivity contribution < 1.29 is 4.74 Å². The Morgan fingerprint density at radius 3 is 2.77 bits per heavy atom. The highest BCUT2D eigenvalue weighted by Crippen LogP contribution is 2.20. The van der Waals surface area contributed by atoms with Crippen LogP contribution in [0.1, 0.15) is 5.56 Å². The van der Waals surface area contributed by atoms with Crippen LogP contribution in [-0.2, 0) is 0 Å². The standard InChI is InChI=1S/C10H16N2O/c1-8-7-9(13-2)3-4-10(8)12-6-5-11/h3-4,7,12H,5-6,11H2,1-2H3. The minimum atomic E-state index is 0.644. The van der Waals surface area contributed by atoms with Crippen LogP contribution in [0, 0.1) is 6.92 Å². The second kappa shape index (κ2) is 4.72. The van der Waals surface area contributed by atoms with Gasteiger partial charge in [-0.25, -0.2) is 0 Å². The van der Waals surface area contributed by atoms with Gasteiger partial charge >= 0.3 is 0 Å². The summed E-state index contributed by atoms with van der Waals surface area (Å²) in [6.07, 6.45) is 0. The van der Waals surface area contributed by atoms with Crippen LogP contribution in [0.3, 0.4) is 0 Å². The van der Waals surface area contributed by atoms with Crippen molar-refractivity contribution in [2.45, 2.75) is 6.92 Å². The van der Waals surface area contributed by atoms with Crippen molar-refractivity contribution in [1.29, 1.82) is 0 Å². The number of hydrogen-bond acceptors (Lipinski definition) is 3. The van der Waals surface area contributed by atoms with Crippen molar-refractivity contribution in [3.05, 3.63) is 23.8 Å². The Labute approximate surface area is 78.9 Å². The average molecular weight is 180 g/mol. The molecule has 0 aliphatic rings. The molecule has 1 aromatic carbocycles. The maximum absolute atomic E-state index is 5.40. The third-order valence-electron chi connectivity index (χ3n) is 1.89. The van der Waals surface area contributed by atoms with E-state index in [2.05, 4.69) is 5.32 Å². The molecule has 0 aromatic heterocycles. The molecule has 0 heterocycles. The molecule has 1 rings (SSSR count). The Bertz CT molecular complexity index is 274. The van der Waals surface area contributed by atoms with Gasteiger partial charge in [0.05, 0.1) is 7.11 Å². The Morgan fingerprint density at radius 1 is 1.46 bits per heavy atom. The van der Waals surface area contributed by atoms with E-state index >= 15 is 0 Å². The molecular weight excluding hydrogens is 164 g/mol. The second-order valence-corrected chi connectivity index (χ2v) is 2.90. The third-order valence-corrected chi connectivity index (χ3v) is 1.89. The SMILES string of the molecule is COc1ccc(NCCN)c(C)c1. The monoisotopic (exact) mass is 180 g/mol. The first-order valence-electron chi connectivity index (χ1n) is 4.36. The number of rotatable bonds is 4. The highest BCUT2D eigenvalue weighted by atomic mass is 16.5. The maximum atomic E-state index is 5.40. The minimum absolute atomic E-state index is 0.644. The lowest BCUT2D eigenvalue weighted by Crippen LogP contribution is -2.13. The number of nitrogens with one attached hydrogen (secondary N) is 1. The highest BCUT2D eigenvalue weighted by molar-refractivity contribution is 5.53. The number of hydrogen-bond donors (Lipinski definition) is 2. The van der Waals surface area contributed by atoms with Gasteiger partial charge in [0.15, 0.2) is 0 Å². The largest absolute Gasteiger partial charge is 0.497 e. The predicted octanol–water partition coefficient (Wildman–Crippen LogP) is 1.37. The fourth-order valence-electron chi connectivity index (χ4n) is 1.17. The van der Waals surface area contributed by atoms with Crippen LogP contribution in [0.25, 0.3) is 0 Å². The number of nitrogens with two attached hydrogens (primary N) is 1. The molecule has 13 heavy (non-hydrogen) atoms. The minimum Gasteiger partial charge on any atom is -0.497 e. The van der Waals surface area contributed by atoms with E-state index in [4.69, 9.17) is 10.5 Å². The molecular formula is C10H16N2O. The molecule has 3 heteroatoms. The smallest absolute Gasteiger partial charge is 0.119 e. The van der Waals surface area contributed by atoms with Crippen LogP contribution < -0.4 is 15.8 Å². The molecule has 0 saturated heterocycles. The van der Waals surface area contributed by atoms with Crippen LogP contribution in [-0.4, -0.2) is 20.2 Å². The van der Waals surface area contributed by atoms with E-state index in [9.17, 15) is 0 Å². The molecule has 0 amide bonds. The topological polar surface area (TPSA) is 47.3 Å². The van der Waals surface area contributed by atoms with E-state index in [1.807, 2.05) is 25.1 Å². The molecule has 0 saturated carbocycles. The van der Waals surface area contributed by atoms with E-state index in [-0.39, 0.29) is 0 Å². The maximum Gasteiger partial charge on any atom is 0.119 e. The normalized spacial score (nSPS) is 9.77. The zero-order chi connectivity index (χ0) is 9.68. The van der Waals surface area contributed by atoms with Crippen molar-refractivity contribution in [3.8, 4) is 5.75 Å². The molecule has 1 aromatic rings. The van der Waals surface area contributed by atoms with Gasteiger partial charge in [0, 0.05) is 18.8 Å². The highest BCUT2D eigenvalue weighted by Gasteiger charge is 1.98. The lowest BCUT2D eigenvalue weighted by Gasteiger charge is -2.09. The Hall–Kier alpha value is -1.22. The van der Waals surface area contributed by atoms with Gasteiger partial charge in [-0.1, -0.05) is 0 Å². The second-order valence-electron chi connectivity index (χ2n) is 2.90. The van der Waals surface area contributed by atoms with Crippen LogP contribution in [0.5, 0.6) is 5.75 Å². The van der Waals surface area contributed by atoms with Gasteiger partial charge in [0.1, 0.15) is 5.75 Å². The molecule has 0 aliphatic carbocycles. The molecule has 72 valence electrons. The first kappa shape index (κ1) is 9.86. The van der Waals surface area contributed by atoms with Crippen molar-refractivity contribution in [3.63, 3.8) is 0 Å². The lowest BCUT2D eigenvalue weighted by molar-refractivity contribution is 0.414. The molecule has 0 fully saturated rings. The summed E-state index contributed by atoms with van der Waals surface area (Å²) in [6.45, 7) is 3.49. The fraction of sp³-hybridized carbons (Fsp3) is 0.400. The van der Waals surface area contributed by atoms with E-state index in [1.54, 1.807) is 7.11 Å². The summed E-state index contributed by atoms with van der Waals surface area (Å²) >= 11 is 0. The van der Waals surface area contributed by atoms with Crippen LogP contribution in [0.2, 0.25) is 0 Å². The van der Waals surface area contributed by atoms with Crippen molar-refractivity contribution >= 4 is 5.69 Å². The van der Waals surface area contributed by atoms with Crippen LogP contribution >= 0.6 is 0 Å². The van der Waals surface area contributed by atoms with Crippen molar-refractivity contribution in [2.24, 2.45) is 5.73 Å². The third kappa shape index (κ3) is 2.63. The number of methoxy groups -OCH3 is 1. The summed E-state index contributed by atoms with van der Waals surface area (Å²) in [6, 6.07) is 5.94. The molecule has 0 spiro atoms. The lowest BCUT2D eigenvalue weighted by atomic mass is 10.2. The molecule has 0 radical (unpaired) electrons. The first-order chi connectivity index (χ1) is 6.27. The number of benzene rings is 1. The van der Waals surface area contributed by atoms with E-state index in [1.165, 1.54) is 5.56 Å². The van der Waals surface area contributed by atoms with E-state index < -0.39 is 0 Å². The van der Waals surface area contributed by atoms with Crippen molar-refractivity contribution in [1.82, 2.24) is 0 Å².